The molecule has 3 heterocycles. The number of carbonyl (C=O) groups excluding carboxylic acids is 2. The molecule has 0 bridgehead atoms. The summed E-state index contributed by atoms with van der Waals surface area (Å²) in [6, 6.07) is 15.4. The van der Waals surface area contributed by atoms with Crippen molar-refractivity contribution in [2.24, 2.45) is 0 Å². The summed E-state index contributed by atoms with van der Waals surface area (Å²) < 4.78 is 1.86. The van der Waals surface area contributed by atoms with Crippen LogP contribution in [0.25, 0.3) is 10.9 Å². The molecule has 1 aliphatic rings. The second-order valence-electron chi connectivity index (χ2n) is 7.54. The molecule has 5 rings (SSSR count). The van der Waals surface area contributed by atoms with E-state index in [9.17, 15) is 9.59 Å². The Bertz CT molecular complexity index is 1260. The highest BCUT2D eigenvalue weighted by molar-refractivity contribution is 7.99. The minimum atomic E-state index is -0.632. The Morgan fingerprint density at radius 3 is 2.94 bits per heavy atom. The summed E-state index contributed by atoms with van der Waals surface area (Å²) in [5.41, 5.74) is 3.30. The summed E-state index contributed by atoms with van der Waals surface area (Å²) in [7, 11) is 1.75. The number of H-pyrrole nitrogens is 1. The molecule has 31 heavy (non-hydrogen) atoms. The van der Waals surface area contributed by atoms with Crippen LogP contribution in [-0.4, -0.2) is 45.2 Å². The van der Waals surface area contributed by atoms with Gasteiger partial charge in [0.2, 0.25) is 5.91 Å². The van der Waals surface area contributed by atoms with Gasteiger partial charge in [0, 0.05) is 47.5 Å². The first-order chi connectivity index (χ1) is 15.1. The molecule has 156 valence electrons. The Morgan fingerprint density at radius 2 is 2.10 bits per heavy atom. The predicted molar refractivity (Wildman–Crippen MR) is 121 cm³/mol. The fourth-order valence-electron chi connectivity index (χ4n) is 3.74. The predicted octanol–water partition coefficient (Wildman–Crippen LogP) is 3.28. The summed E-state index contributed by atoms with van der Waals surface area (Å²) in [5.74, 6) is -0.0332. The Kier molecular flexibility index (Phi) is 4.99. The molecule has 0 aliphatic carbocycles. The van der Waals surface area contributed by atoms with Crippen molar-refractivity contribution in [3.63, 3.8) is 0 Å². The molecule has 2 amide bonds. The monoisotopic (exact) mass is 431 g/mol. The van der Waals surface area contributed by atoms with Gasteiger partial charge in [0.1, 0.15) is 11.7 Å². The number of hydrogen-bond donors (Lipinski definition) is 2. The van der Waals surface area contributed by atoms with Gasteiger partial charge in [-0.15, -0.1) is 11.8 Å². The smallest absolute Gasteiger partial charge is 0.272 e. The van der Waals surface area contributed by atoms with E-state index in [2.05, 4.69) is 21.4 Å². The molecule has 8 heteroatoms. The van der Waals surface area contributed by atoms with E-state index in [0.717, 1.165) is 27.0 Å². The quantitative estimate of drug-likeness (QED) is 0.520. The number of amides is 2. The molecule has 7 nitrogen and oxygen atoms in total. The Labute approximate surface area is 183 Å². The van der Waals surface area contributed by atoms with Gasteiger partial charge in [-0.3, -0.25) is 9.59 Å². The topological polar surface area (TPSA) is 83.0 Å². The molecule has 0 unspecified atom stereocenters. The van der Waals surface area contributed by atoms with Crippen LogP contribution in [0.5, 0.6) is 0 Å². The van der Waals surface area contributed by atoms with Gasteiger partial charge in [0.05, 0.1) is 12.0 Å². The standard InChI is InChI=1S/C23H21N5O2S/c1-27-20-9-16-7-8-24-17(16)10-21(20)31-13-19(23(27)30)26-22(29)18-12-28(14-25-18)11-15-5-3-2-4-6-15/h2-10,12,14,19,24H,11,13H2,1H3,(H,26,29)/t19-/m0/s1. The van der Waals surface area contributed by atoms with Crippen molar-refractivity contribution in [3.05, 3.63) is 78.5 Å². The Balaban J connectivity index is 1.31. The third-order valence-electron chi connectivity index (χ3n) is 5.41. The number of imidazole rings is 1. The third-order valence-corrected chi connectivity index (χ3v) is 6.55. The average molecular weight is 432 g/mol. The van der Waals surface area contributed by atoms with E-state index < -0.39 is 6.04 Å². The van der Waals surface area contributed by atoms with Crippen LogP contribution >= 0.6 is 11.8 Å². The van der Waals surface area contributed by atoms with E-state index in [-0.39, 0.29) is 11.8 Å². The number of aromatic amines is 1. The first kappa shape index (κ1) is 19.4. The lowest BCUT2D eigenvalue weighted by atomic mass is 10.2. The zero-order valence-electron chi connectivity index (χ0n) is 16.9. The van der Waals surface area contributed by atoms with E-state index >= 15 is 0 Å². The second kappa shape index (κ2) is 7.96. The zero-order chi connectivity index (χ0) is 21.4. The number of nitrogens with one attached hydrogen (secondary N) is 2. The lowest BCUT2D eigenvalue weighted by Gasteiger charge is -2.21. The number of benzene rings is 2. The highest BCUT2D eigenvalue weighted by atomic mass is 32.2. The first-order valence-corrected chi connectivity index (χ1v) is 10.9. The molecular weight excluding hydrogens is 410 g/mol. The number of aromatic nitrogens is 3. The maximum Gasteiger partial charge on any atom is 0.272 e. The van der Waals surface area contributed by atoms with Crippen LogP contribution in [0.15, 0.2) is 72.1 Å². The molecular formula is C23H21N5O2S. The van der Waals surface area contributed by atoms with Crippen LogP contribution in [0.3, 0.4) is 0 Å². The maximum atomic E-state index is 13.1. The number of anilines is 1. The number of nitrogens with zero attached hydrogens (tertiary/aromatic N) is 3. The summed E-state index contributed by atoms with van der Waals surface area (Å²) in [5, 5.41) is 3.91. The van der Waals surface area contributed by atoms with Crippen molar-refractivity contribution >= 4 is 40.2 Å². The third kappa shape index (κ3) is 3.82. The van der Waals surface area contributed by atoms with Crippen LogP contribution in [0.2, 0.25) is 0 Å². The van der Waals surface area contributed by atoms with Crippen molar-refractivity contribution in [1.29, 1.82) is 0 Å². The fraction of sp³-hybridized carbons (Fsp3) is 0.174. The molecule has 1 atom stereocenters. The molecule has 0 fully saturated rings. The largest absolute Gasteiger partial charge is 0.361 e. The summed E-state index contributed by atoms with van der Waals surface area (Å²) in [6.45, 7) is 0.629. The lowest BCUT2D eigenvalue weighted by molar-refractivity contribution is -0.119. The Morgan fingerprint density at radius 1 is 1.26 bits per heavy atom. The fourth-order valence-corrected chi connectivity index (χ4v) is 4.85. The number of fused-ring (bicyclic) bond motifs is 2. The molecule has 1 aliphatic heterocycles. The number of hydrogen-bond acceptors (Lipinski definition) is 4. The highest BCUT2D eigenvalue weighted by Crippen LogP contribution is 2.36. The number of likely N-dealkylation sites (N-methyl/N-ethyl adjacent to an activating group) is 1. The molecule has 2 aromatic heterocycles. The van der Waals surface area contributed by atoms with E-state index in [0.29, 0.717) is 18.0 Å². The summed E-state index contributed by atoms with van der Waals surface area (Å²) in [6.07, 6.45) is 5.23. The van der Waals surface area contributed by atoms with Gasteiger partial charge in [-0.2, -0.15) is 0 Å². The highest BCUT2D eigenvalue weighted by Gasteiger charge is 2.30. The van der Waals surface area contributed by atoms with Gasteiger partial charge < -0.3 is 19.8 Å². The van der Waals surface area contributed by atoms with E-state index in [1.54, 1.807) is 36.2 Å². The van der Waals surface area contributed by atoms with Crippen molar-refractivity contribution in [2.45, 2.75) is 17.5 Å². The Hall–Kier alpha value is -3.52. The molecule has 4 aromatic rings. The summed E-state index contributed by atoms with van der Waals surface area (Å²) >= 11 is 1.56. The van der Waals surface area contributed by atoms with Crippen molar-refractivity contribution in [1.82, 2.24) is 19.9 Å². The van der Waals surface area contributed by atoms with Gasteiger partial charge in [0.15, 0.2) is 0 Å². The molecule has 2 aromatic carbocycles. The minimum absolute atomic E-state index is 0.141. The van der Waals surface area contributed by atoms with Crippen molar-refractivity contribution < 1.29 is 9.59 Å². The first-order valence-electron chi connectivity index (χ1n) is 9.96. The van der Waals surface area contributed by atoms with Gasteiger partial charge in [-0.05, 0) is 23.8 Å². The lowest BCUT2D eigenvalue weighted by Crippen LogP contribution is -2.48. The van der Waals surface area contributed by atoms with Crippen molar-refractivity contribution in [3.8, 4) is 0 Å². The second-order valence-corrected chi connectivity index (χ2v) is 8.60. The normalized spacial score (nSPS) is 16.2. The molecule has 0 saturated carbocycles. The van der Waals surface area contributed by atoms with E-state index in [4.69, 9.17) is 0 Å². The van der Waals surface area contributed by atoms with Gasteiger partial charge in [-0.1, -0.05) is 30.3 Å². The van der Waals surface area contributed by atoms with Crippen LogP contribution in [0.4, 0.5) is 5.69 Å². The van der Waals surface area contributed by atoms with Gasteiger partial charge >= 0.3 is 0 Å². The van der Waals surface area contributed by atoms with E-state index in [1.165, 1.54) is 0 Å². The molecule has 2 N–H and O–H groups in total. The van der Waals surface area contributed by atoms with Crippen LogP contribution in [0.1, 0.15) is 16.1 Å². The maximum absolute atomic E-state index is 13.1. The summed E-state index contributed by atoms with van der Waals surface area (Å²) in [4.78, 5) is 35.9. The molecule has 0 spiro atoms. The number of rotatable bonds is 4. The molecule has 0 radical (unpaired) electrons. The van der Waals surface area contributed by atoms with Crippen LogP contribution in [0, 0.1) is 0 Å². The van der Waals surface area contributed by atoms with Crippen LogP contribution < -0.4 is 10.2 Å². The van der Waals surface area contributed by atoms with Gasteiger partial charge in [-0.25, -0.2) is 4.98 Å². The van der Waals surface area contributed by atoms with Crippen molar-refractivity contribution in [2.75, 3.05) is 17.7 Å². The van der Waals surface area contributed by atoms with E-state index in [1.807, 2.05) is 53.2 Å². The molecule has 0 saturated heterocycles. The zero-order valence-corrected chi connectivity index (χ0v) is 17.7. The minimum Gasteiger partial charge on any atom is -0.361 e. The van der Waals surface area contributed by atoms with Gasteiger partial charge in [0.25, 0.3) is 5.91 Å². The average Bonchev–Trinajstić information content (AvgIpc) is 3.42. The number of carbonyl (C=O) groups is 2. The number of thioether (sulfide) groups is 1. The van der Waals surface area contributed by atoms with Crippen LogP contribution in [-0.2, 0) is 11.3 Å². The SMILES string of the molecule is CN1C(=O)[C@@H](NC(=O)c2cn(Cc3ccccc3)cn2)CSc2cc3[nH]ccc3cc21.